The average Bonchev–Trinajstić information content (AvgIpc) is 1.55. The van der Waals surface area contributed by atoms with Gasteiger partial charge < -0.3 is 88.7 Å². The second-order valence-corrected chi connectivity index (χ2v) is 31.3. The normalized spacial score (nSPS) is 19.9. The zero-order chi connectivity index (χ0) is 76.0. The molecule has 107 heavy (non-hydrogen) atoms. The maximum Gasteiger partial charge on any atom is 0.407 e. The predicted molar refractivity (Wildman–Crippen MR) is 391 cm³/mol. The third-order valence-corrected chi connectivity index (χ3v) is 21.9. The zero-order valence-corrected chi connectivity index (χ0v) is 62.3. The van der Waals surface area contributed by atoms with Crippen LogP contribution in [0, 0.1) is 41.6 Å². The van der Waals surface area contributed by atoms with Crippen LogP contribution >= 0.6 is 11.6 Å². The molecule has 0 saturated carbocycles. The maximum atomic E-state index is 14.0. The molecule has 2 amide bonds. The molecule has 0 unspecified atom stereocenters. The second kappa shape index (κ2) is 38.8. The van der Waals surface area contributed by atoms with Gasteiger partial charge in [-0.25, -0.2) is 31.3 Å². The molecule has 29 nitrogen and oxygen atoms in total. The Balaban J connectivity index is 0.000000206. The largest absolute Gasteiger partial charge is 0.494 e. The minimum Gasteiger partial charge on any atom is -0.494 e. The lowest BCUT2D eigenvalue weighted by molar-refractivity contribution is -0.0909. The number of halogens is 1. The van der Waals surface area contributed by atoms with Crippen molar-refractivity contribution in [3.63, 3.8) is 0 Å². The molecule has 7 heterocycles. The first kappa shape index (κ1) is 80.7. The average molecular weight is 1540 g/mol. The number of benzene rings is 5. The first-order valence-corrected chi connectivity index (χ1v) is 38.7. The quantitative estimate of drug-likeness (QED) is 0.0130. The molecule has 576 valence electrons. The number of hydrogen-bond acceptors (Lipinski definition) is 24. The molecule has 0 spiro atoms. The molecule has 10 atom stereocenters. The monoisotopic (exact) mass is 1540 g/mol. The highest BCUT2D eigenvalue weighted by Gasteiger charge is 2.46. The number of pyridine rings is 1. The van der Waals surface area contributed by atoms with Crippen molar-refractivity contribution in [2.75, 3.05) is 97.8 Å². The van der Waals surface area contributed by atoms with Gasteiger partial charge in [0.15, 0.2) is 35.6 Å². The van der Waals surface area contributed by atoms with Crippen molar-refractivity contribution in [3.8, 4) is 40.6 Å². The zero-order valence-electron chi connectivity index (χ0n) is 59.9. The molecular formula is C75H92ClN9O20S2. The van der Waals surface area contributed by atoms with Gasteiger partial charge in [-0.3, -0.25) is 4.98 Å². The van der Waals surface area contributed by atoms with E-state index in [4.69, 9.17) is 86.0 Å². The van der Waals surface area contributed by atoms with E-state index in [0.717, 1.165) is 36.1 Å². The van der Waals surface area contributed by atoms with E-state index in [1.807, 2.05) is 76.2 Å². The third kappa shape index (κ3) is 22.9. The summed E-state index contributed by atoms with van der Waals surface area (Å²) < 4.78 is 125. The van der Waals surface area contributed by atoms with E-state index in [-0.39, 0.29) is 106 Å². The Bertz CT molecular complexity index is 4200. The Morgan fingerprint density at radius 3 is 1.54 bits per heavy atom. The lowest BCUT2D eigenvalue weighted by Crippen LogP contribution is -2.51. The van der Waals surface area contributed by atoms with Crippen LogP contribution in [0.15, 0.2) is 137 Å². The number of fused-ring (bicyclic) bond motifs is 4. The summed E-state index contributed by atoms with van der Waals surface area (Å²) in [5, 5.41) is 41.6. The summed E-state index contributed by atoms with van der Waals surface area (Å²) in [6.45, 7) is 17.5. The number of sulfonamides is 2. The topological polar surface area (TPSA) is 363 Å². The first-order valence-electron chi connectivity index (χ1n) is 35.5. The maximum absolute atomic E-state index is 14.0. The molecule has 1 aromatic heterocycles. The predicted octanol–water partition coefficient (Wildman–Crippen LogP) is 8.81. The van der Waals surface area contributed by atoms with Crippen LogP contribution in [0.5, 0.6) is 34.5 Å². The molecule has 6 aromatic rings. The number of amides is 2. The van der Waals surface area contributed by atoms with Gasteiger partial charge in [0.25, 0.3) is 0 Å². The molecule has 0 bridgehead atoms. The molecule has 32 heteroatoms. The molecule has 7 N–H and O–H groups in total. The van der Waals surface area contributed by atoms with Gasteiger partial charge in [-0.2, -0.15) is 13.9 Å². The summed E-state index contributed by atoms with van der Waals surface area (Å²) in [5.41, 5.74) is 9.17. The molecule has 5 aromatic carbocycles. The Hall–Kier alpha value is -8.80. The van der Waals surface area contributed by atoms with E-state index in [2.05, 4.69) is 31.8 Å². The molecular weight excluding hydrogens is 1450 g/mol. The van der Waals surface area contributed by atoms with E-state index < -0.39 is 75.0 Å². The van der Waals surface area contributed by atoms with Gasteiger partial charge in [-0.1, -0.05) is 69.6 Å². The molecule has 4 fully saturated rings. The number of aliphatic hydroxyl groups excluding tert-OH is 2. The molecule has 6 aliphatic heterocycles. The summed E-state index contributed by atoms with van der Waals surface area (Å²) in [6.07, 6.45) is -1.12. The number of aromatic nitrogens is 1. The Morgan fingerprint density at radius 1 is 0.645 bits per heavy atom. The van der Waals surface area contributed by atoms with E-state index in [0.29, 0.717) is 96.8 Å². The standard InChI is InChI=1S/C38H46N4O10S.C31H43N3O10S.C6H3ClN2/c1-25(2)21-42(53(45,46)30-12-13-34-35(19-30)51-24-50-34)22-33(43)32(41-38(44)52-36-23-49-37-31(36)14-17-48-37)18-26-6-10-29(11-7-26)47-16-3-15-40-28-8-4-27(20-39)5-9-28;1-20(2)16-34(45(37,38)23-8-9-27-28(15-23)43-19-42-27)17-26(35)25(14-21-4-6-22(7-5-21)39-12-3-11-32)33-31(36)44-29-18-41-30-24(29)10-13-40-30;1-8-5-2-3-6(7)9-4-5/h4-13,19,25,31-33,36-37,40,43H,3,14-18,21-24H2,1-2H3,(H,41,44);4-9,15,20,24-26,29-30,35H,3,10-14,16-19,32H2,1-2H3,(H,33,36);2-4H/t31-,32-,33+,36+,37+;24-,25-,26+,29+,30+;/m00./s1. The van der Waals surface area contributed by atoms with Crippen molar-refractivity contribution < 1.29 is 93.5 Å². The summed E-state index contributed by atoms with van der Waals surface area (Å²) in [5.74, 6) is 2.67. The Kier molecular flexibility index (Phi) is 29.3. The van der Waals surface area contributed by atoms with Crippen molar-refractivity contribution in [1.29, 1.82) is 5.26 Å². The van der Waals surface area contributed by atoms with Crippen LogP contribution in [0.3, 0.4) is 0 Å². The van der Waals surface area contributed by atoms with Gasteiger partial charge in [-0.15, -0.1) is 0 Å². The molecule has 6 aliphatic rings. The van der Waals surface area contributed by atoms with Crippen LogP contribution in [0.2, 0.25) is 5.15 Å². The number of nitrogens with two attached hydrogens (primary N) is 1. The lowest BCUT2D eigenvalue weighted by Gasteiger charge is -2.31. The number of anilines is 1. The van der Waals surface area contributed by atoms with E-state index in [1.54, 1.807) is 48.5 Å². The first-order chi connectivity index (χ1) is 51.5. The summed E-state index contributed by atoms with van der Waals surface area (Å²) in [7, 11) is -8.14. The van der Waals surface area contributed by atoms with Crippen LogP contribution in [-0.4, -0.2) is 194 Å². The minimum atomic E-state index is -4.08. The number of hydrogen-bond donors (Lipinski definition) is 6. The number of carbonyl (C=O) groups excluding carboxylic acids is 2. The SMILES string of the molecule is CC(C)CN(C[C@@H](O)[C@H](Cc1ccc(OCCCN)cc1)NC(=O)O[C@@H]1CO[C@H]2OCC[C@H]21)S(=O)(=O)c1ccc2c(c1)OCO2.CC(C)CN(C[C@@H](O)[C@H](Cc1ccc(OCCCNc2ccc(C#N)cc2)cc1)NC(=O)O[C@@H]1CO[C@H]2OCC[C@H]21)S(=O)(=O)c1ccc2c(c1)OCO2.[C-]#[N+]c1ccc(Cl)nc1. The smallest absolute Gasteiger partial charge is 0.407 e. The van der Waals surface area contributed by atoms with Gasteiger partial charge in [0.05, 0.1) is 104 Å². The third-order valence-electron chi connectivity index (χ3n) is 18.1. The fourth-order valence-electron chi connectivity index (χ4n) is 12.5. The number of carbonyl (C=O) groups is 2. The van der Waals surface area contributed by atoms with Gasteiger partial charge in [0.2, 0.25) is 39.3 Å². The number of nitrogens with zero attached hydrogens (tertiary/aromatic N) is 5. The summed E-state index contributed by atoms with van der Waals surface area (Å²) in [6, 6.07) is 34.2. The van der Waals surface area contributed by atoms with E-state index in [9.17, 15) is 36.6 Å². The van der Waals surface area contributed by atoms with Gasteiger partial charge in [0, 0.05) is 56.7 Å². The highest BCUT2D eigenvalue weighted by atomic mass is 35.5. The van der Waals surface area contributed by atoms with E-state index >= 15 is 0 Å². The highest BCUT2D eigenvalue weighted by Crippen LogP contribution is 2.38. The summed E-state index contributed by atoms with van der Waals surface area (Å²) >= 11 is 5.45. The number of rotatable bonds is 32. The molecule has 0 radical (unpaired) electrons. The van der Waals surface area contributed by atoms with Crippen LogP contribution in [0.1, 0.15) is 70.1 Å². The van der Waals surface area contributed by atoms with Gasteiger partial charge >= 0.3 is 12.2 Å². The fourth-order valence-corrected chi connectivity index (χ4v) is 15.9. The van der Waals surface area contributed by atoms with Crippen LogP contribution in [0.25, 0.3) is 4.85 Å². The number of nitriles is 1. The van der Waals surface area contributed by atoms with Gasteiger partial charge in [-0.05, 0) is 147 Å². The van der Waals surface area contributed by atoms with Crippen molar-refractivity contribution >= 4 is 55.2 Å². The highest BCUT2D eigenvalue weighted by molar-refractivity contribution is 7.89. The fraction of sp³-hybridized carbons (Fsp3) is 0.480. The van der Waals surface area contributed by atoms with E-state index in [1.165, 1.54) is 39.1 Å². The van der Waals surface area contributed by atoms with Crippen LogP contribution in [0.4, 0.5) is 21.0 Å². The number of nitrogens with one attached hydrogen (secondary N) is 3. The number of alkyl carbamates (subject to hydrolysis) is 2. The number of ether oxygens (including phenoxy) is 12. The number of aliphatic hydroxyl groups is 2. The minimum absolute atomic E-state index is 0.00369. The van der Waals surface area contributed by atoms with Crippen molar-refractivity contribution in [2.45, 2.75) is 125 Å². The Morgan fingerprint density at radius 2 is 1.11 bits per heavy atom. The molecule has 4 saturated heterocycles. The molecule has 12 rings (SSSR count). The van der Waals surface area contributed by atoms with Crippen LogP contribution < -0.4 is 50.1 Å². The summed E-state index contributed by atoms with van der Waals surface area (Å²) in [4.78, 5) is 33.3. The lowest BCUT2D eigenvalue weighted by atomic mass is 10.0. The van der Waals surface area contributed by atoms with Crippen molar-refractivity contribution in [3.05, 3.63) is 161 Å². The van der Waals surface area contributed by atoms with Crippen molar-refractivity contribution in [2.24, 2.45) is 29.4 Å². The Labute approximate surface area is 628 Å². The second-order valence-electron chi connectivity index (χ2n) is 27.0. The molecule has 0 aliphatic carbocycles. The van der Waals surface area contributed by atoms with Crippen LogP contribution in [-0.2, 0) is 61.3 Å². The van der Waals surface area contributed by atoms with Crippen molar-refractivity contribution in [1.82, 2.24) is 24.2 Å². The van der Waals surface area contributed by atoms with Gasteiger partial charge in [0.1, 0.15) is 28.9 Å².